The number of amidine groups is 1. The van der Waals surface area contributed by atoms with E-state index in [0.29, 0.717) is 22.8 Å². The molecule has 6 heteroatoms. The first kappa shape index (κ1) is 15.0. The lowest BCUT2D eigenvalue weighted by Gasteiger charge is -2.26. The highest BCUT2D eigenvalue weighted by Crippen LogP contribution is 2.23. The Morgan fingerprint density at radius 3 is 2.55 bits per heavy atom. The van der Waals surface area contributed by atoms with Gasteiger partial charge in [-0.05, 0) is 31.6 Å². The fourth-order valence-corrected chi connectivity index (χ4v) is 3.70. The van der Waals surface area contributed by atoms with Gasteiger partial charge in [0.25, 0.3) is 10.0 Å². The van der Waals surface area contributed by atoms with Gasteiger partial charge in [0.2, 0.25) is 0 Å². The van der Waals surface area contributed by atoms with Crippen LogP contribution in [0.4, 0.5) is 0 Å². The summed E-state index contributed by atoms with van der Waals surface area (Å²) in [5.41, 5.74) is 0.646. The second-order valence-electron chi connectivity index (χ2n) is 6.17. The van der Waals surface area contributed by atoms with Crippen LogP contribution in [0.1, 0.15) is 19.4 Å². The van der Waals surface area contributed by atoms with E-state index in [0.717, 1.165) is 6.54 Å². The highest BCUT2D eigenvalue weighted by atomic mass is 32.2. The summed E-state index contributed by atoms with van der Waals surface area (Å²) in [6, 6.07) is 6.93. The van der Waals surface area contributed by atoms with Gasteiger partial charge in [-0.1, -0.05) is 26.0 Å². The van der Waals surface area contributed by atoms with Gasteiger partial charge in [-0.25, -0.2) is 8.42 Å². The molecule has 1 aliphatic rings. The molecule has 0 saturated heterocycles. The van der Waals surface area contributed by atoms with Crippen LogP contribution in [-0.2, 0) is 10.0 Å². The van der Waals surface area contributed by atoms with Crippen molar-refractivity contribution in [3.8, 4) is 0 Å². The van der Waals surface area contributed by atoms with E-state index in [2.05, 4.69) is 28.5 Å². The van der Waals surface area contributed by atoms with Gasteiger partial charge < -0.3 is 4.90 Å². The summed E-state index contributed by atoms with van der Waals surface area (Å²) < 4.78 is 26.5. The number of aliphatic imine (C=N–C) groups is 1. The second kappa shape index (κ2) is 5.18. The van der Waals surface area contributed by atoms with Crippen LogP contribution in [-0.4, -0.2) is 46.3 Å². The Labute approximate surface area is 120 Å². The summed E-state index contributed by atoms with van der Waals surface area (Å²) in [6.07, 6.45) is 0. The van der Waals surface area contributed by atoms with Crippen molar-refractivity contribution in [3.63, 3.8) is 0 Å². The minimum atomic E-state index is -3.44. The van der Waals surface area contributed by atoms with E-state index in [1.165, 1.54) is 0 Å². The molecule has 0 amide bonds. The molecule has 0 atom stereocenters. The third kappa shape index (κ3) is 3.19. The maximum absolute atomic E-state index is 12.0. The van der Waals surface area contributed by atoms with Gasteiger partial charge in [0, 0.05) is 18.7 Å². The average molecular weight is 295 g/mol. The predicted molar refractivity (Wildman–Crippen MR) is 80.5 cm³/mol. The Kier molecular flexibility index (Phi) is 3.88. The average Bonchev–Trinajstić information content (AvgIpc) is 2.58. The fraction of sp³-hybridized carbons (Fsp3) is 0.500. The topological polar surface area (TPSA) is 61.8 Å². The molecule has 0 saturated carbocycles. The monoisotopic (exact) mass is 295 g/mol. The minimum Gasteiger partial charge on any atom is -0.309 e. The van der Waals surface area contributed by atoms with E-state index in [9.17, 15) is 8.42 Å². The van der Waals surface area contributed by atoms with Gasteiger partial charge in [0.05, 0.1) is 4.90 Å². The SMILES string of the molecule is CN(C)CC(C)(C)CN=C1NS(=O)(=O)c2ccccc21. The van der Waals surface area contributed by atoms with Crippen molar-refractivity contribution < 1.29 is 8.42 Å². The largest absolute Gasteiger partial charge is 0.309 e. The molecule has 0 radical (unpaired) electrons. The molecule has 2 rings (SSSR count). The quantitative estimate of drug-likeness (QED) is 0.911. The summed E-state index contributed by atoms with van der Waals surface area (Å²) >= 11 is 0. The van der Waals surface area contributed by atoms with Crippen molar-refractivity contribution >= 4 is 15.9 Å². The molecule has 0 aliphatic carbocycles. The van der Waals surface area contributed by atoms with Crippen LogP contribution in [0.25, 0.3) is 0 Å². The highest BCUT2D eigenvalue weighted by Gasteiger charge is 2.30. The van der Waals surface area contributed by atoms with Crippen LogP contribution in [0.5, 0.6) is 0 Å². The van der Waals surface area contributed by atoms with Gasteiger partial charge in [-0.2, -0.15) is 0 Å². The molecule has 0 bridgehead atoms. The Morgan fingerprint density at radius 1 is 1.25 bits per heavy atom. The molecule has 1 aliphatic heterocycles. The van der Waals surface area contributed by atoms with Crippen molar-refractivity contribution in [2.45, 2.75) is 18.7 Å². The molecule has 5 nitrogen and oxygen atoms in total. The maximum Gasteiger partial charge on any atom is 0.263 e. The van der Waals surface area contributed by atoms with Crippen LogP contribution < -0.4 is 4.72 Å². The third-order valence-corrected chi connectivity index (χ3v) is 4.47. The zero-order chi connectivity index (χ0) is 15.0. The van der Waals surface area contributed by atoms with Crippen LogP contribution in [0.3, 0.4) is 0 Å². The normalized spacial score (nSPS) is 19.1. The molecular weight excluding hydrogens is 274 g/mol. The molecule has 1 N–H and O–H groups in total. The molecular formula is C14H21N3O2S. The number of nitrogens with one attached hydrogen (secondary N) is 1. The molecule has 1 heterocycles. The van der Waals surface area contributed by atoms with Gasteiger partial charge in [-0.15, -0.1) is 0 Å². The van der Waals surface area contributed by atoms with Gasteiger partial charge in [0.1, 0.15) is 5.84 Å². The van der Waals surface area contributed by atoms with Gasteiger partial charge in [0.15, 0.2) is 0 Å². The standard InChI is InChI=1S/C14H21N3O2S/c1-14(2,10-17(3)4)9-15-13-11-7-5-6-8-12(11)20(18,19)16-13/h5-8H,9-10H2,1-4H3,(H,15,16). The minimum absolute atomic E-state index is 0.0144. The summed E-state index contributed by atoms with van der Waals surface area (Å²) in [7, 11) is 0.596. The zero-order valence-corrected chi connectivity index (χ0v) is 13.2. The Morgan fingerprint density at radius 2 is 1.90 bits per heavy atom. The Balaban J connectivity index is 2.26. The smallest absolute Gasteiger partial charge is 0.263 e. The van der Waals surface area contributed by atoms with E-state index in [-0.39, 0.29) is 5.41 Å². The van der Waals surface area contributed by atoms with E-state index in [4.69, 9.17) is 0 Å². The second-order valence-corrected chi connectivity index (χ2v) is 7.82. The van der Waals surface area contributed by atoms with Crippen molar-refractivity contribution in [1.29, 1.82) is 0 Å². The number of nitrogens with zero attached hydrogens (tertiary/aromatic N) is 2. The molecule has 1 aromatic carbocycles. The fourth-order valence-electron chi connectivity index (χ4n) is 2.45. The number of fused-ring (bicyclic) bond motifs is 1. The molecule has 110 valence electrons. The summed E-state index contributed by atoms with van der Waals surface area (Å²) in [5, 5.41) is 0. The van der Waals surface area contributed by atoms with Crippen molar-refractivity contribution in [2.75, 3.05) is 27.2 Å². The van der Waals surface area contributed by atoms with E-state index in [1.54, 1.807) is 18.2 Å². The lowest BCUT2D eigenvalue weighted by Crippen LogP contribution is -2.32. The van der Waals surface area contributed by atoms with Crippen LogP contribution in [0.2, 0.25) is 0 Å². The first-order valence-corrected chi connectivity index (χ1v) is 8.01. The van der Waals surface area contributed by atoms with E-state index >= 15 is 0 Å². The first-order chi connectivity index (χ1) is 9.21. The van der Waals surface area contributed by atoms with E-state index in [1.807, 2.05) is 20.2 Å². The lowest BCUT2D eigenvalue weighted by molar-refractivity contribution is 0.249. The van der Waals surface area contributed by atoms with Gasteiger partial charge >= 0.3 is 0 Å². The molecule has 20 heavy (non-hydrogen) atoms. The number of rotatable bonds is 4. The van der Waals surface area contributed by atoms with Gasteiger partial charge in [-0.3, -0.25) is 9.71 Å². The predicted octanol–water partition coefficient (Wildman–Crippen LogP) is 1.31. The molecule has 1 aromatic rings. The number of benzene rings is 1. The Hall–Kier alpha value is -1.40. The van der Waals surface area contributed by atoms with Crippen molar-refractivity contribution in [2.24, 2.45) is 10.4 Å². The summed E-state index contributed by atoms with van der Waals surface area (Å²) in [5.74, 6) is 0.451. The van der Waals surface area contributed by atoms with E-state index < -0.39 is 10.0 Å². The molecule has 0 fully saturated rings. The maximum atomic E-state index is 12.0. The third-order valence-electron chi connectivity index (χ3n) is 3.07. The van der Waals surface area contributed by atoms with Crippen molar-refractivity contribution in [3.05, 3.63) is 29.8 Å². The van der Waals surface area contributed by atoms with Crippen LogP contribution in [0.15, 0.2) is 34.2 Å². The number of sulfonamides is 1. The molecule has 0 aromatic heterocycles. The number of hydrogen-bond acceptors (Lipinski definition) is 4. The van der Waals surface area contributed by atoms with Crippen molar-refractivity contribution in [1.82, 2.24) is 9.62 Å². The zero-order valence-electron chi connectivity index (χ0n) is 12.3. The van der Waals surface area contributed by atoms with Crippen LogP contribution in [0, 0.1) is 5.41 Å². The van der Waals surface area contributed by atoms with Crippen LogP contribution >= 0.6 is 0 Å². The molecule has 0 spiro atoms. The first-order valence-electron chi connectivity index (χ1n) is 6.53. The summed E-state index contributed by atoms with van der Waals surface area (Å²) in [4.78, 5) is 6.90. The highest BCUT2D eigenvalue weighted by molar-refractivity contribution is 7.90. The Bertz CT molecular complexity index is 634. The molecule has 0 unspecified atom stereocenters. The summed E-state index contributed by atoms with van der Waals surface area (Å²) in [6.45, 7) is 5.69. The lowest BCUT2D eigenvalue weighted by atomic mass is 9.93. The number of hydrogen-bond donors (Lipinski definition) is 1.